The Kier molecular flexibility index (Phi) is 2.94. The molecule has 3 unspecified atom stereocenters. The Morgan fingerprint density at radius 2 is 1.75 bits per heavy atom. The minimum Gasteiger partial charge on any atom is -0.327 e. The minimum absolute atomic E-state index is 0.442. The summed E-state index contributed by atoms with van der Waals surface area (Å²) in [6, 6.07) is 1.29. The highest BCUT2D eigenvalue weighted by Crippen LogP contribution is 2.32. The summed E-state index contributed by atoms with van der Waals surface area (Å²) in [6.45, 7) is 8.82. The average Bonchev–Trinajstić information content (AvgIpc) is 2.34. The number of likely N-dealkylation sites (tertiary alicyclic amines) is 1. The topological polar surface area (TPSA) is 32.5 Å². The van der Waals surface area contributed by atoms with Crippen LogP contribution in [0.5, 0.6) is 0 Å². The van der Waals surface area contributed by atoms with E-state index in [-0.39, 0.29) is 0 Å². The standard InChI is InChI=1S/C13H25N3/c1-10-8-16(7-4-12(10)14)13-9-15-5-2-11(13)3-6-15/h10-13H,2-9,14H2,1H3. The number of piperidine rings is 4. The minimum atomic E-state index is 0.442. The van der Waals surface area contributed by atoms with Gasteiger partial charge >= 0.3 is 0 Å². The molecular formula is C13H25N3. The van der Waals surface area contributed by atoms with Gasteiger partial charge in [0.2, 0.25) is 0 Å². The lowest BCUT2D eigenvalue weighted by Crippen LogP contribution is -2.60. The van der Waals surface area contributed by atoms with Crippen molar-refractivity contribution in [2.45, 2.75) is 38.3 Å². The third kappa shape index (κ3) is 1.89. The molecule has 16 heavy (non-hydrogen) atoms. The Morgan fingerprint density at radius 3 is 2.31 bits per heavy atom. The molecule has 3 heteroatoms. The number of nitrogens with two attached hydrogens (primary N) is 1. The van der Waals surface area contributed by atoms with Gasteiger partial charge in [-0.05, 0) is 50.7 Å². The van der Waals surface area contributed by atoms with Gasteiger partial charge in [0, 0.05) is 25.2 Å². The second-order valence-corrected chi connectivity index (χ2v) is 6.13. The van der Waals surface area contributed by atoms with Crippen LogP contribution in [0, 0.1) is 11.8 Å². The zero-order valence-corrected chi connectivity index (χ0v) is 10.4. The van der Waals surface area contributed by atoms with E-state index in [1.165, 1.54) is 52.0 Å². The van der Waals surface area contributed by atoms with Crippen LogP contribution in [0.25, 0.3) is 0 Å². The zero-order valence-electron chi connectivity index (χ0n) is 10.4. The Hall–Kier alpha value is -0.120. The van der Waals surface area contributed by atoms with E-state index >= 15 is 0 Å². The van der Waals surface area contributed by atoms with Crippen molar-refractivity contribution < 1.29 is 0 Å². The van der Waals surface area contributed by atoms with Gasteiger partial charge in [-0.15, -0.1) is 0 Å². The van der Waals surface area contributed by atoms with Crippen LogP contribution in [0.1, 0.15) is 26.2 Å². The predicted octanol–water partition coefficient (Wildman–Crippen LogP) is 0.750. The Bertz CT molecular complexity index is 248. The Labute approximate surface area is 99.0 Å². The van der Waals surface area contributed by atoms with Crippen LogP contribution >= 0.6 is 0 Å². The fourth-order valence-corrected chi connectivity index (χ4v) is 3.84. The molecule has 0 saturated carbocycles. The summed E-state index contributed by atoms with van der Waals surface area (Å²) in [4.78, 5) is 5.40. The van der Waals surface area contributed by atoms with Crippen molar-refractivity contribution in [3.8, 4) is 0 Å². The fraction of sp³-hybridized carbons (Fsp3) is 1.00. The van der Waals surface area contributed by atoms with Crippen LogP contribution in [0.4, 0.5) is 0 Å². The average molecular weight is 223 g/mol. The lowest BCUT2D eigenvalue weighted by molar-refractivity contribution is -0.0137. The summed E-state index contributed by atoms with van der Waals surface area (Å²) in [5.41, 5.74) is 6.11. The number of rotatable bonds is 1. The van der Waals surface area contributed by atoms with Crippen molar-refractivity contribution in [1.82, 2.24) is 9.80 Å². The smallest absolute Gasteiger partial charge is 0.0252 e. The molecule has 4 fully saturated rings. The zero-order chi connectivity index (χ0) is 11.1. The fourth-order valence-electron chi connectivity index (χ4n) is 3.84. The molecule has 3 nitrogen and oxygen atoms in total. The molecule has 0 aliphatic carbocycles. The molecule has 4 heterocycles. The maximum Gasteiger partial charge on any atom is 0.0252 e. The molecule has 0 spiro atoms. The van der Waals surface area contributed by atoms with Gasteiger partial charge in [0.05, 0.1) is 0 Å². The summed E-state index contributed by atoms with van der Waals surface area (Å²) in [5.74, 6) is 1.66. The third-order valence-corrected chi connectivity index (χ3v) is 5.09. The van der Waals surface area contributed by atoms with Gasteiger partial charge in [0.1, 0.15) is 0 Å². The molecule has 0 aromatic heterocycles. The highest BCUT2D eigenvalue weighted by molar-refractivity contribution is 4.94. The molecule has 4 aliphatic heterocycles. The van der Waals surface area contributed by atoms with Crippen LogP contribution in [-0.4, -0.2) is 54.6 Å². The molecule has 3 atom stereocenters. The first-order chi connectivity index (χ1) is 7.74. The monoisotopic (exact) mass is 223 g/mol. The van der Waals surface area contributed by atoms with E-state index in [1.807, 2.05) is 0 Å². The molecule has 2 N–H and O–H groups in total. The highest BCUT2D eigenvalue weighted by Gasteiger charge is 2.39. The lowest BCUT2D eigenvalue weighted by atomic mass is 9.81. The second kappa shape index (κ2) is 4.28. The first kappa shape index (κ1) is 11.0. The maximum absolute atomic E-state index is 6.11. The van der Waals surface area contributed by atoms with Crippen LogP contribution < -0.4 is 5.73 Å². The Balaban J connectivity index is 1.65. The normalized spacial score (nSPS) is 49.5. The predicted molar refractivity (Wildman–Crippen MR) is 66.3 cm³/mol. The van der Waals surface area contributed by atoms with E-state index in [0.717, 1.165) is 12.0 Å². The molecule has 2 bridgehead atoms. The van der Waals surface area contributed by atoms with Gasteiger partial charge in [-0.3, -0.25) is 4.90 Å². The van der Waals surface area contributed by atoms with E-state index in [2.05, 4.69) is 16.7 Å². The third-order valence-electron chi connectivity index (χ3n) is 5.09. The van der Waals surface area contributed by atoms with Gasteiger partial charge in [0.15, 0.2) is 0 Å². The first-order valence-electron chi connectivity index (χ1n) is 6.96. The van der Waals surface area contributed by atoms with Crippen molar-refractivity contribution in [3.05, 3.63) is 0 Å². The van der Waals surface area contributed by atoms with Crippen LogP contribution in [0.15, 0.2) is 0 Å². The molecule has 4 aliphatic rings. The van der Waals surface area contributed by atoms with E-state index in [9.17, 15) is 0 Å². The molecule has 0 aromatic carbocycles. The summed E-state index contributed by atoms with van der Waals surface area (Å²) in [5, 5.41) is 0. The van der Waals surface area contributed by atoms with E-state index in [4.69, 9.17) is 5.73 Å². The number of nitrogens with zero attached hydrogens (tertiary/aromatic N) is 2. The van der Waals surface area contributed by atoms with Crippen LogP contribution in [0.2, 0.25) is 0 Å². The van der Waals surface area contributed by atoms with Crippen molar-refractivity contribution in [3.63, 3.8) is 0 Å². The van der Waals surface area contributed by atoms with Crippen molar-refractivity contribution in [2.75, 3.05) is 32.7 Å². The summed E-state index contributed by atoms with van der Waals surface area (Å²) >= 11 is 0. The van der Waals surface area contributed by atoms with Gasteiger partial charge in [-0.2, -0.15) is 0 Å². The molecule has 4 saturated heterocycles. The van der Waals surface area contributed by atoms with E-state index < -0.39 is 0 Å². The van der Waals surface area contributed by atoms with Crippen molar-refractivity contribution in [2.24, 2.45) is 17.6 Å². The summed E-state index contributed by atoms with van der Waals surface area (Å²) in [7, 11) is 0. The maximum atomic E-state index is 6.11. The largest absolute Gasteiger partial charge is 0.327 e. The van der Waals surface area contributed by atoms with Gasteiger partial charge in [0.25, 0.3) is 0 Å². The molecular weight excluding hydrogens is 198 g/mol. The molecule has 0 aromatic rings. The van der Waals surface area contributed by atoms with Gasteiger partial charge in [-0.25, -0.2) is 0 Å². The first-order valence-corrected chi connectivity index (χ1v) is 6.96. The number of hydrogen-bond donors (Lipinski definition) is 1. The summed E-state index contributed by atoms with van der Waals surface area (Å²) < 4.78 is 0. The van der Waals surface area contributed by atoms with Gasteiger partial charge < -0.3 is 10.6 Å². The lowest BCUT2D eigenvalue weighted by Gasteiger charge is -2.51. The van der Waals surface area contributed by atoms with E-state index in [0.29, 0.717) is 12.0 Å². The van der Waals surface area contributed by atoms with Crippen LogP contribution in [0.3, 0.4) is 0 Å². The quantitative estimate of drug-likeness (QED) is 0.712. The Morgan fingerprint density at radius 1 is 1.00 bits per heavy atom. The summed E-state index contributed by atoms with van der Waals surface area (Å²) in [6.07, 6.45) is 4.06. The van der Waals surface area contributed by atoms with Crippen LogP contribution in [-0.2, 0) is 0 Å². The number of hydrogen-bond acceptors (Lipinski definition) is 3. The van der Waals surface area contributed by atoms with E-state index in [1.54, 1.807) is 0 Å². The SMILES string of the molecule is CC1CN(C2CN3CCC2CC3)CCC1N. The highest BCUT2D eigenvalue weighted by atomic mass is 15.3. The number of fused-ring (bicyclic) bond motifs is 3. The molecule has 0 radical (unpaired) electrons. The molecule has 4 rings (SSSR count). The van der Waals surface area contributed by atoms with Crippen molar-refractivity contribution >= 4 is 0 Å². The van der Waals surface area contributed by atoms with Crippen molar-refractivity contribution in [1.29, 1.82) is 0 Å². The molecule has 0 amide bonds. The molecule has 92 valence electrons. The second-order valence-electron chi connectivity index (χ2n) is 6.13. The van der Waals surface area contributed by atoms with Gasteiger partial charge in [-0.1, -0.05) is 6.92 Å².